The molecule has 0 radical (unpaired) electrons. The van der Waals surface area contributed by atoms with Gasteiger partial charge in [0.25, 0.3) is 0 Å². The molecule has 0 amide bonds. The third kappa shape index (κ3) is 3.65. The van der Waals surface area contributed by atoms with E-state index in [2.05, 4.69) is 16.5 Å². The molecule has 0 saturated carbocycles. The highest BCUT2D eigenvalue weighted by atomic mass is 35.5. The zero-order valence-corrected chi connectivity index (χ0v) is 7.99. The van der Waals surface area contributed by atoms with E-state index in [1.165, 1.54) is 11.5 Å². The molecule has 1 aromatic heterocycles. The van der Waals surface area contributed by atoms with Gasteiger partial charge in [-0.25, -0.2) is 0 Å². The van der Waals surface area contributed by atoms with Crippen molar-refractivity contribution in [1.29, 1.82) is 0 Å². The van der Waals surface area contributed by atoms with Crippen LogP contribution in [0.2, 0.25) is 0 Å². The molecule has 1 aromatic rings. The summed E-state index contributed by atoms with van der Waals surface area (Å²) in [4.78, 5) is 0. The van der Waals surface area contributed by atoms with Crippen molar-refractivity contribution in [2.24, 2.45) is 5.73 Å². The molecule has 0 aromatic carbocycles. The SMILES string of the molecule is CCC(N)Cc1csnn1.Cl. The lowest BCUT2D eigenvalue weighted by atomic mass is 10.1. The van der Waals surface area contributed by atoms with Gasteiger partial charge in [0.1, 0.15) is 0 Å². The number of nitrogens with zero attached hydrogens (tertiary/aromatic N) is 2. The molecule has 0 fully saturated rings. The van der Waals surface area contributed by atoms with Crippen molar-refractivity contribution < 1.29 is 0 Å². The maximum Gasteiger partial charge on any atom is 0.0770 e. The predicted molar refractivity (Wildman–Crippen MR) is 49.1 cm³/mol. The van der Waals surface area contributed by atoms with Gasteiger partial charge in [0, 0.05) is 17.8 Å². The maximum atomic E-state index is 5.70. The third-order valence-electron chi connectivity index (χ3n) is 1.40. The Labute approximate surface area is 76.6 Å². The summed E-state index contributed by atoms with van der Waals surface area (Å²) in [7, 11) is 0. The molecule has 0 bridgehead atoms. The number of hydrogen-bond acceptors (Lipinski definition) is 4. The van der Waals surface area contributed by atoms with E-state index in [1.54, 1.807) is 0 Å². The molecule has 1 rings (SSSR count). The van der Waals surface area contributed by atoms with Crippen LogP contribution in [0.5, 0.6) is 0 Å². The Balaban J connectivity index is 0.000001000. The van der Waals surface area contributed by atoms with Crippen LogP contribution in [-0.2, 0) is 6.42 Å². The lowest BCUT2D eigenvalue weighted by molar-refractivity contribution is 0.635. The van der Waals surface area contributed by atoms with Crippen molar-refractivity contribution in [3.05, 3.63) is 11.1 Å². The molecule has 3 nitrogen and oxygen atoms in total. The van der Waals surface area contributed by atoms with Gasteiger partial charge in [-0.05, 0) is 18.0 Å². The lowest BCUT2D eigenvalue weighted by Crippen LogP contribution is -2.21. The zero-order valence-electron chi connectivity index (χ0n) is 6.36. The molecule has 2 N–H and O–H groups in total. The Morgan fingerprint density at radius 2 is 2.45 bits per heavy atom. The Morgan fingerprint density at radius 3 is 2.91 bits per heavy atom. The minimum absolute atomic E-state index is 0. The maximum absolute atomic E-state index is 5.70. The van der Waals surface area contributed by atoms with Crippen LogP contribution in [0.1, 0.15) is 19.0 Å². The summed E-state index contributed by atoms with van der Waals surface area (Å²) >= 11 is 1.38. The van der Waals surface area contributed by atoms with Gasteiger partial charge in [-0.3, -0.25) is 0 Å². The van der Waals surface area contributed by atoms with Crippen molar-refractivity contribution in [3.63, 3.8) is 0 Å². The van der Waals surface area contributed by atoms with E-state index < -0.39 is 0 Å². The number of rotatable bonds is 3. The minimum atomic E-state index is 0. The van der Waals surface area contributed by atoms with E-state index in [1.807, 2.05) is 5.38 Å². The van der Waals surface area contributed by atoms with Crippen LogP contribution in [0, 0.1) is 0 Å². The van der Waals surface area contributed by atoms with Gasteiger partial charge in [-0.15, -0.1) is 17.5 Å². The predicted octanol–water partition coefficient (Wildman–Crippen LogP) is 1.24. The van der Waals surface area contributed by atoms with Crippen molar-refractivity contribution >= 4 is 23.9 Å². The van der Waals surface area contributed by atoms with Gasteiger partial charge in [0.05, 0.1) is 5.69 Å². The van der Waals surface area contributed by atoms with Gasteiger partial charge in [0.15, 0.2) is 0 Å². The summed E-state index contributed by atoms with van der Waals surface area (Å²) in [6.07, 6.45) is 1.85. The van der Waals surface area contributed by atoms with E-state index in [0.29, 0.717) is 0 Å². The first-order chi connectivity index (χ1) is 4.83. The highest BCUT2D eigenvalue weighted by Gasteiger charge is 2.02. The lowest BCUT2D eigenvalue weighted by Gasteiger charge is -2.03. The van der Waals surface area contributed by atoms with Crippen molar-refractivity contribution in [2.75, 3.05) is 0 Å². The third-order valence-corrected chi connectivity index (χ3v) is 1.95. The van der Waals surface area contributed by atoms with Crippen molar-refractivity contribution in [2.45, 2.75) is 25.8 Å². The second-order valence-corrected chi connectivity index (χ2v) is 2.88. The number of hydrogen-bond donors (Lipinski definition) is 1. The van der Waals surface area contributed by atoms with Gasteiger partial charge in [0.2, 0.25) is 0 Å². The fourth-order valence-corrected chi connectivity index (χ4v) is 1.15. The van der Waals surface area contributed by atoms with Gasteiger partial charge < -0.3 is 5.73 Å². The normalized spacial score (nSPS) is 12.2. The second kappa shape index (κ2) is 5.46. The highest BCUT2D eigenvalue weighted by molar-refractivity contribution is 7.03. The zero-order chi connectivity index (χ0) is 7.40. The summed E-state index contributed by atoms with van der Waals surface area (Å²) in [6, 6.07) is 0.240. The Morgan fingerprint density at radius 1 is 1.73 bits per heavy atom. The Bertz CT molecular complexity index is 178. The first-order valence-corrected chi connectivity index (χ1v) is 4.18. The topological polar surface area (TPSA) is 51.8 Å². The van der Waals surface area contributed by atoms with Gasteiger partial charge in [-0.2, -0.15) is 0 Å². The van der Waals surface area contributed by atoms with Crippen LogP contribution in [0.3, 0.4) is 0 Å². The molecule has 0 aliphatic rings. The van der Waals surface area contributed by atoms with Crippen LogP contribution in [0.15, 0.2) is 5.38 Å². The first-order valence-electron chi connectivity index (χ1n) is 3.34. The molecule has 0 aliphatic heterocycles. The molecule has 5 heteroatoms. The number of halogens is 1. The smallest absolute Gasteiger partial charge is 0.0770 e. The van der Waals surface area contributed by atoms with Crippen LogP contribution in [0.25, 0.3) is 0 Å². The molecule has 0 aliphatic carbocycles. The van der Waals surface area contributed by atoms with E-state index in [9.17, 15) is 0 Å². The van der Waals surface area contributed by atoms with Crippen LogP contribution in [-0.4, -0.2) is 15.6 Å². The Hall–Kier alpha value is -0.190. The molecule has 1 heterocycles. The molecule has 0 saturated heterocycles. The molecule has 0 spiro atoms. The number of aromatic nitrogens is 2. The van der Waals surface area contributed by atoms with Gasteiger partial charge >= 0.3 is 0 Å². The van der Waals surface area contributed by atoms with Crippen molar-refractivity contribution in [1.82, 2.24) is 9.59 Å². The van der Waals surface area contributed by atoms with Crippen LogP contribution >= 0.6 is 23.9 Å². The Kier molecular flexibility index (Phi) is 5.36. The molecule has 1 unspecified atom stereocenters. The summed E-state index contributed by atoms with van der Waals surface area (Å²) < 4.78 is 3.75. The number of nitrogens with two attached hydrogens (primary N) is 1. The van der Waals surface area contributed by atoms with Gasteiger partial charge in [-0.1, -0.05) is 11.4 Å². The standard InChI is InChI=1S/C6H11N3S.ClH/c1-2-5(7)3-6-4-10-9-8-6;/h4-5H,2-3,7H2,1H3;1H. The van der Waals surface area contributed by atoms with Crippen molar-refractivity contribution in [3.8, 4) is 0 Å². The fraction of sp³-hybridized carbons (Fsp3) is 0.667. The average molecular weight is 194 g/mol. The van der Waals surface area contributed by atoms with Crippen LogP contribution in [0.4, 0.5) is 0 Å². The van der Waals surface area contributed by atoms with E-state index in [4.69, 9.17) is 5.73 Å². The van der Waals surface area contributed by atoms with E-state index in [-0.39, 0.29) is 18.4 Å². The fourth-order valence-electron chi connectivity index (χ4n) is 0.686. The molecule has 64 valence electrons. The molecule has 11 heavy (non-hydrogen) atoms. The van der Waals surface area contributed by atoms with E-state index in [0.717, 1.165) is 18.5 Å². The second-order valence-electron chi connectivity index (χ2n) is 2.27. The minimum Gasteiger partial charge on any atom is -0.327 e. The molecular weight excluding hydrogens is 182 g/mol. The summed E-state index contributed by atoms with van der Waals surface area (Å²) in [5, 5.41) is 5.83. The molecular formula is C6H12ClN3S. The average Bonchev–Trinajstić information content (AvgIpc) is 2.40. The summed E-state index contributed by atoms with van der Waals surface area (Å²) in [5.41, 5.74) is 6.71. The largest absolute Gasteiger partial charge is 0.327 e. The van der Waals surface area contributed by atoms with Crippen LogP contribution < -0.4 is 5.73 Å². The summed E-state index contributed by atoms with van der Waals surface area (Å²) in [5.74, 6) is 0. The summed E-state index contributed by atoms with van der Waals surface area (Å²) in [6.45, 7) is 2.07. The monoisotopic (exact) mass is 193 g/mol. The molecule has 1 atom stereocenters. The highest BCUT2D eigenvalue weighted by Crippen LogP contribution is 2.01. The quantitative estimate of drug-likeness (QED) is 0.786. The first kappa shape index (κ1) is 10.8. The van der Waals surface area contributed by atoms with E-state index >= 15 is 0 Å².